The van der Waals surface area contributed by atoms with Crippen molar-refractivity contribution >= 4 is 16.9 Å². The van der Waals surface area contributed by atoms with Gasteiger partial charge < -0.3 is 10.3 Å². The second-order valence-corrected chi connectivity index (χ2v) is 2.83. The molecule has 0 aliphatic rings. The lowest BCUT2D eigenvalue weighted by Gasteiger charge is -1.98. The van der Waals surface area contributed by atoms with Crippen LogP contribution in [0.1, 0.15) is 0 Å². The number of carbonyl (C=O) groups excluding carboxylic acids is 1. The lowest BCUT2D eigenvalue weighted by atomic mass is 10.3. The zero-order valence-electron chi connectivity index (χ0n) is 6.97. The molecule has 0 fully saturated rings. The summed E-state index contributed by atoms with van der Waals surface area (Å²) in [5, 5.41) is 0. The Morgan fingerprint density at radius 3 is 3.00 bits per heavy atom. The summed E-state index contributed by atoms with van der Waals surface area (Å²) in [7, 11) is 0. The molecular formula is C9H9N3O. The summed E-state index contributed by atoms with van der Waals surface area (Å²) in [5.41, 5.74) is 6.90. The molecule has 0 saturated heterocycles. The van der Waals surface area contributed by atoms with E-state index < -0.39 is 0 Å². The van der Waals surface area contributed by atoms with E-state index in [1.165, 1.54) is 0 Å². The predicted molar refractivity (Wildman–Crippen MR) is 48.9 cm³/mol. The Kier molecular flexibility index (Phi) is 1.73. The lowest BCUT2D eigenvalue weighted by molar-refractivity contribution is -0.118. The predicted octanol–water partition coefficient (Wildman–Crippen LogP) is 0.522. The molecule has 4 nitrogen and oxygen atoms in total. The van der Waals surface area contributed by atoms with E-state index >= 15 is 0 Å². The molecule has 1 aromatic carbocycles. The van der Waals surface area contributed by atoms with Crippen LogP contribution in [0.15, 0.2) is 30.6 Å². The number of carbonyl (C=O) groups is 1. The first kappa shape index (κ1) is 7.79. The van der Waals surface area contributed by atoms with Gasteiger partial charge in [-0.05, 0) is 12.1 Å². The molecule has 0 bridgehead atoms. The summed E-state index contributed by atoms with van der Waals surface area (Å²) < 4.78 is 1.73. The van der Waals surface area contributed by atoms with Crippen molar-refractivity contribution in [1.82, 2.24) is 9.55 Å². The van der Waals surface area contributed by atoms with E-state index in [4.69, 9.17) is 5.73 Å². The highest BCUT2D eigenvalue weighted by Gasteiger charge is 2.02. The van der Waals surface area contributed by atoms with Crippen molar-refractivity contribution in [3.63, 3.8) is 0 Å². The summed E-state index contributed by atoms with van der Waals surface area (Å²) in [6.45, 7) is 0.181. The summed E-state index contributed by atoms with van der Waals surface area (Å²) in [5.74, 6) is -0.358. The Balaban J connectivity index is 2.51. The van der Waals surface area contributed by atoms with Gasteiger partial charge in [-0.2, -0.15) is 0 Å². The van der Waals surface area contributed by atoms with Crippen LogP contribution in [0.25, 0.3) is 11.0 Å². The van der Waals surface area contributed by atoms with Crippen LogP contribution in [0.2, 0.25) is 0 Å². The second kappa shape index (κ2) is 2.90. The monoisotopic (exact) mass is 175 g/mol. The third kappa shape index (κ3) is 1.38. The number of nitrogens with two attached hydrogens (primary N) is 1. The topological polar surface area (TPSA) is 60.9 Å². The fraction of sp³-hybridized carbons (Fsp3) is 0.111. The van der Waals surface area contributed by atoms with E-state index in [2.05, 4.69) is 4.98 Å². The molecular weight excluding hydrogens is 166 g/mol. The van der Waals surface area contributed by atoms with Crippen LogP contribution in [0, 0.1) is 0 Å². The molecule has 2 N–H and O–H groups in total. The van der Waals surface area contributed by atoms with E-state index in [0.717, 1.165) is 11.0 Å². The quantitative estimate of drug-likeness (QED) is 0.723. The average Bonchev–Trinajstić information content (AvgIpc) is 2.48. The van der Waals surface area contributed by atoms with E-state index in [0.29, 0.717) is 0 Å². The minimum atomic E-state index is -0.358. The van der Waals surface area contributed by atoms with E-state index in [-0.39, 0.29) is 12.5 Å². The number of para-hydroxylation sites is 2. The van der Waals surface area contributed by atoms with Gasteiger partial charge in [-0.1, -0.05) is 12.1 Å². The van der Waals surface area contributed by atoms with E-state index in [9.17, 15) is 4.79 Å². The van der Waals surface area contributed by atoms with Crippen LogP contribution in [-0.2, 0) is 11.3 Å². The van der Waals surface area contributed by atoms with Gasteiger partial charge in [0, 0.05) is 0 Å². The van der Waals surface area contributed by atoms with Crippen molar-refractivity contribution in [3.05, 3.63) is 30.6 Å². The average molecular weight is 175 g/mol. The van der Waals surface area contributed by atoms with Gasteiger partial charge in [0.05, 0.1) is 17.4 Å². The van der Waals surface area contributed by atoms with Crippen LogP contribution in [0.3, 0.4) is 0 Å². The number of aromatic nitrogens is 2. The van der Waals surface area contributed by atoms with Crippen molar-refractivity contribution in [1.29, 1.82) is 0 Å². The summed E-state index contributed by atoms with van der Waals surface area (Å²) in [6.07, 6.45) is 1.62. The van der Waals surface area contributed by atoms with Gasteiger partial charge in [0.15, 0.2) is 0 Å². The first-order valence-corrected chi connectivity index (χ1v) is 3.95. The van der Waals surface area contributed by atoms with E-state index in [1.807, 2.05) is 24.3 Å². The Morgan fingerprint density at radius 2 is 2.23 bits per heavy atom. The third-order valence-corrected chi connectivity index (χ3v) is 1.85. The number of rotatable bonds is 2. The first-order valence-electron chi connectivity index (χ1n) is 3.95. The largest absolute Gasteiger partial charge is 0.368 e. The molecule has 0 atom stereocenters. The van der Waals surface area contributed by atoms with Crippen LogP contribution in [0.5, 0.6) is 0 Å². The fourth-order valence-electron chi connectivity index (χ4n) is 1.30. The van der Waals surface area contributed by atoms with Gasteiger partial charge in [0.25, 0.3) is 0 Å². The highest BCUT2D eigenvalue weighted by molar-refractivity contribution is 5.79. The van der Waals surface area contributed by atoms with Crippen LogP contribution >= 0.6 is 0 Å². The standard InChI is InChI=1S/C9H9N3O/c10-9(13)5-12-6-11-7-3-1-2-4-8(7)12/h1-4,6H,5H2,(H2,10,13). The maximum atomic E-state index is 10.7. The second-order valence-electron chi connectivity index (χ2n) is 2.83. The van der Waals surface area contributed by atoms with Crippen molar-refractivity contribution < 1.29 is 4.79 Å². The van der Waals surface area contributed by atoms with Crippen LogP contribution in [0.4, 0.5) is 0 Å². The molecule has 1 amide bonds. The van der Waals surface area contributed by atoms with E-state index in [1.54, 1.807) is 10.9 Å². The smallest absolute Gasteiger partial charge is 0.237 e. The SMILES string of the molecule is NC(=O)Cn1cnc2ccccc21. The minimum Gasteiger partial charge on any atom is -0.368 e. The summed E-state index contributed by atoms with van der Waals surface area (Å²) in [4.78, 5) is 14.8. The highest BCUT2D eigenvalue weighted by Crippen LogP contribution is 2.10. The van der Waals surface area contributed by atoms with Gasteiger partial charge in [-0.25, -0.2) is 4.98 Å². The van der Waals surface area contributed by atoms with Crippen LogP contribution in [-0.4, -0.2) is 15.5 Å². The number of fused-ring (bicyclic) bond motifs is 1. The number of primary amides is 1. The molecule has 0 aliphatic carbocycles. The molecule has 1 aromatic heterocycles. The minimum absolute atomic E-state index is 0.181. The van der Waals surface area contributed by atoms with Crippen molar-refractivity contribution in [2.45, 2.75) is 6.54 Å². The van der Waals surface area contributed by atoms with Crippen LogP contribution < -0.4 is 5.73 Å². The molecule has 0 radical (unpaired) electrons. The number of hydrogen-bond acceptors (Lipinski definition) is 2. The molecule has 13 heavy (non-hydrogen) atoms. The molecule has 4 heteroatoms. The van der Waals surface area contributed by atoms with Gasteiger partial charge >= 0.3 is 0 Å². The normalized spacial score (nSPS) is 10.5. The van der Waals surface area contributed by atoms with Gasteiger partial charge in [0.1, 0.15) is 6.54 Å². The molecule has 0 aliphatic heterocycles. The number of imidazole rings is 1. The number of amides is 1. The van der Waals surface area contributed by atoms with Crippen molar-refractivity contribution in [2.75, 3.05) is 0 Å². The highest BCUT2D eigenvalue weighted by atomic mass is 16.1. The van der Waals surface area contributed by atoms with Crippen molar-refractivity contribution in [2.24, 2.45) is 5.73 Å². The zero-order chi connectivity index (χ0) is 9.26. The maximum Gasteiger partial charge on any atom is 0.237 e. The summed E-state index contributed by atoms with van der Waals surface area (Å²) >= 11 is 0. The maximum absolute atomic E-state index is 10.7. The first-order chi connectivity index (χ1) is 6.27. The van der Waals surface area contributed by atoms with Gasteiger partial charge in [-0.15, -0.1) is 0 Å². The zero-order valence-corrected chi connectivity index (χ0v) is 6.97. The Bertz CT molecular complexity index is 447. The lowest BCUT2D eigenvalue weighted by Crippen LogP contribution is -2.17. The fourth-order valence-corrected chi connectivity index (χ4v) is 1.30. The molecule has 2 rings (SSSR count). The molecule has 66 valence electrons. The molecule has 0 spiro atoms. The Labute approximate surface area is 75.0 Å². The Hall–Kier alpha value is -1.84. The van der Waals surface area contributed by atoms with Gasteiger partial charge in [0.2, 0.25) is 5.91 Å². The Morgan fingerprint density at radius 1 is 1.46 bits per heavy atom. The third-order valence-electron chi connectivity index (χ3n) is 1.85. The molecule has 0 unspecified atom stereocenters. The number of nitrogens with zero attached hydrogens (tertiary/aromatic N) is 2. The molecule has 1 heterocycles. The summed E-state index contributed by atoms with van der Waals surface area (Å²) in [6, 6.07) is 7.61. The number of hydrogen-bond donors (Lipinski definition) is 1. The molecule has 2 aromatic rings. The van der Waals surface area contributed by atoms with Crippen molar-refractivity contribution in [3.8, 4) is 0 Å². The molecule has 0 saturated carbocycles. The number of benzene rings is 1. The van der Waals surface area contributed by atoms with Gasteiger partial charge in [-0.3, -0.25) is 4.79 Å².